The van der Waals surface area contributed by atoms with Crippen molar-refractivity contribution in [2.45, 2.75) is 65.2 Å². The molecule has 2 rings (SSSR count). The molecule has 1 unspecified atom stereocenters. The van der Waals surface area contributed by atoms with Gasteiger partial charge in [-0.1, -0.05) is 26.0 Å². The Kier molecular flexibility index (Phi) is 5.34. The Morgan fingerprint density at radius 2 is 2.26 bits per heavy atom. The van der Waals surface area contributed by atoms with Gasteiger partial charge in [0, 0.05) is 31.4 Å². The van der Waals surface area contributed by atoms with E-state index in [1.807, 2.05) is 4.68 Å². The third kappa shape index (κ3) is 4.28. The number of rotatable bonds is 7. The van der Waals surface area contributed by atoms with E-state index in [1.54, 1.807) is 0 Å². The molecule has 0 radical (unpaired) electrons. The molecule has 5 nitrogen and oxygen atoms in total. The van der Waals surface area contributed by atoms with Crippen molar-refractivity contribution in [2.75, 3.05) is 13.1 Å². The number of nitrogens with zero attached hydrogens (tertiary/aromatic N) is 4. The molecule has 0 spiro atoms. The van der Waals surface area contributed by atoms with E-state index in [1.165, 1.54) is 25.8 Å². The van der Waals surface area contributed by atoms with Crippen molar-refractivity contribution in [3.8, 4) is 0 Å². The van der Waals surface area contributed by atoms with E-state index in [2.05, 4.69) is 47.5 Å². The first-order valence-electron chi connectivity index (χ1n) is 7.55. The van der Waals surface area contributed by atoms with Gasteiger partial charge in [0.1, 0.15) is 0 Å². The zero-order valence-corrected chi connectivity index (χ0v) is 12.5. The Hall–Kier alpha value is -0.940. The average molecular weight is 265 g/mol. The third-order valence-electron chi connectivity index (χ3n) is 3.86. The van der Waals surface area contributed by atoms with Gasteiger partial charge in [0.2, 0.25) is 0 Å². The largest absolute Gasteiger partial charge is 0.309 e. The van der Waals surface area contributed by atoms with Gasteiger partial charge >= 0.3 is 0 Å². The summed E-state index contributed by atoms with van der Waals surface area (Å²) < 4.78 is 1.97. The maximum Gasteiger partial charge on any atom is 0.0964 e. The van der Waals surface area contributed by atoms with E-state index < -0.39 is 0 Å². The molecule has 0 saturated carbocycles. The highest BCUT2D eigenvalue weighted by molar-refractivity contribution is 4.92. The molecule has 19 heavy (non-hydrogen) atoms. The monoisotopic (exact) mass is 265 g/mol. The van der Waals surface area contributed by atoms with Crippen LogP contribution in [0.2, 0.25) is 0 Å². The second kappa shape index (κ2) is 7.01. The summed E-state index contributed by atoms with van der Waals surface area (Å²) in [5.41, 5.74) is 1.03. The minimum atomic E-state index is 0.486. The topological polar surface area (TPSA) is 46.0 Å². The average Bonchev–Trinajstić information content (AvgIpc) is 3.02. The summed E-state index contributed by atoms with van der Waals surface area (Å²) in [7, 11) is 0. The molecule has 0 amide bonds. The number of nitrogens with one attached hydrogen (secondary N) is 1. The molecule has 0 aliphatic carbocycles. The van der Waals surface area contributed by atoms with Crippen LogP contribution in [0.4, 0.5) is 0 Å². The predicted octanol–water partition coefficient (Wildman–Crippen LogP) is 1.65. The fourth-order valence-electron chi connectivity index (χ4n) is 2.72. The standard InChI is InChI=1S/C14H27N5/c1-4-14-6-5-7-18(14)8-9-19-11-13(16-17-19)10-15-12(2)3/h11-12,14-15H,4-10H2,1-3H3. The summed E-state index contributed by atoms with van der Waals surface area (Å²) >= 11 is 0. The number of likely N-dealkylation sites (tertiary alicyclic amines) is 1. The molecule has 2 heterocycles. The maximum absolute atomic E-state index is 4.21. The fraction of sp³-hybridized carbons (Fsp3) is 0.857. The summed E-state index contributed by atoms with van der Waals surface area (Å²) in [5.74, 6) is 0. The molecule has 1 aromatic heterocycles. The van der Waals surface area contributed by atoms with Gasteiger partial charge in [-0.25, -0.2) is 0 Å². The molecule has 1 aromatic rings. The second-order valence-electron chi connectivity index (χ2n) is 5.75. The van der Waals surface area contributed by atoms with Crippen LogP contribution in [-0.4, -0.2) is 45.1 Å². The van der Waals surface area contributed by atoms with Crippen LogP contribution in [0, 0.1) is 0 Å². The van der Waals surface area contributed by atoms with Gasteiger partial charge < -0.3 is 5.32 Å². The molecule has 1 saturated heterocycles. The van der Waals surface area contributed by atoms with Crippen LogP contribution in [0.1, 0.15) is 45.7 Å². The fourth-order valence-corrected chi connectivity index (χ4v) is 2.72. The van der Waals surface area contributed by atoms with Gasteiger partial charge in [-0.15, -0.1) is 5.10 Å². The summed E-state index contributed by atoms with van der Waals surface area (Å²) in [5, 5.41) is 11.8. The third-order valence-corrected chi connectivity index (χ3v) is 3.86. The Morgan fingerprint density at radius 1 is 1.42 bits per heavy atom. The van der Waals surface area contributed by atoms with Crippen molar-refractivity contribution in [1.82, 2.24) is 25.2 Å². The van der Waals surface area contributed by atoms with Crippen molar-refractivity contribution in [2.24, 2.45) is 0 Å². The maximum atomic E-state index is 4.21. The number of hydrogen-bond donors (Lipinski definition) is 1. The predicted molar refractivity (Wildman–Crippen MR) is 76.9 cm³/mol. The summed E-state index contributed by atoms with van der Waals surface area (Å²) in [6.07, 6.45) is 6.03. The van der Waals surface area contributed by atoms with Gasteiger partial charge in [-0.05, 0) is 25.8 Å². The summed E-state index contributed by atoms with van der Waals surface area (Å²) in [6, 6.07) is 1.27. The first-order valence-corrected chi connectivity index (χ1v) is 7.55. The van der Waals surface area contributed by atoms with Crippen molar-refractivity contribution in [3.05, 3.63) is 11.9 Å². The van der Waals surface area contributed by atoms with Gasteiger partial charge in [0.25, 0.3) is 0 Å². The molecule has 0 aromatic carbocycles. The number of aromatic nitrogens is 3. The Bertz CT molecular complexity index is 374. The molecular weight excluding hydrogens is 238 g/mol. The van der Waals surface area contributed by atoms with Crippen LogP contribution in [0.15, 0.2) is 6.20 Å². The molecule has 1 aliphatic heterocycles. The SMILES string of the molecule is CCC1CCCN1CCn1cc(CNC(C)C)nn1. The summed E-state index contributed by atoms with van der Waals surface area (Å²) in [4.78, 5) is 2.59. The molecule has 5 heteroatoms. The van der Waals surface area contributed by atoms with E-state index in [9.17, 15) is 0 Å². The van der Waals surface area contributed by atoms with Crippen LogP contribution in [0.3, 0.4) is 0 Å². The Morgan fingerprint density at radius 3 is 3.00 bits per heavy atom. The zero-order chi connectivity index (χ0) is 13.7. The zero-order valence-electron chi connectivity index (χ0n) is 12.5. The van der Waals surface area contributed by atoms with E-state index in [4.69, 9.17) is 0 Å². The highest BCUT2D eigenvalue weighted by Gasteiger charge is 2.22. The lowest BCUT2D eigenvalue weighted by Gasteiger charge is -2.22. The van der Waals surface area contributed by atoms with Crippen molar-refractivity contribution in [1.29, 1.82) is 0 Å². The Labute approximate surface area is 116 Å². The normalized spacial score (nSPS) is 20.5. The molecule has 1 N–H and O–H groups in total. The molecule has 1 atom stereocenters. The van der Waals surface area contributed by atoms with Gasteiger partial charge in [-0.2, -0.15) is 0 Å². The van der Waals surface area contributed by atoms with Gasteiger partial charge in [-0.3, -0.25) is 9.58 Å². The van der Waals surface area contributed by atoms with Crippen LogP contribution in [0.25, 0.3) is 0 Å². The highest BCUT2D eigenvalue weighted by atomic mass is 15.4. The highest BCUT2D eigenvalue weighted by Crippen LogP contribution is 2.19. The minimum Gasteiger partial charge on any atom is -0.309 e. The van der Waals surface area contributed by atoms with Crippen LogP contribution in [-0.2, 0) is 13.1 Å². The van der Waals surface area contributed by atoms with E-state index in [-0.39, 0.29) is 0 Å². The van der Waals surface area contributed by atoms with Crippen molar-refractivity contribution in [3.63, 3.8) is 0 Å². The van der Waals surface area contributed by atoms with Crippen molar-refractivity contribution < 1.29 is 0 Å². The molecule has 1 aliphatic rings. The molecule has 108 valence electrons. The first-order chi connectivity index (χ1) is 9.19. The lowest BCUT2D eigenvalue weighted by atomic mass is 10.2. The lowest BCUT2D eigenvalue weighted by molar-refractivity contribution is 0.234. The van der Waals surface area contributed by atoms with Gasteiger partial charge in [0.15, 0.2) is 0 Å². The summed E-state index contributed by atoms with van der Waals surface area (Å²) in [6.45, 7) is 10.7. The van der Waals surface area contributed by atoms with Crippen LogP contribution in [0.5, 0.6) is 0 Å². The first kappa shape index (κ1) is 14.5. The minimum absolute atomic E-state index is 0.486. The lowest BCUT2D eigenvalue weighted by Crippen LogP contribution is -2.32. The van der Waals surface area contributed by atoms with Crippen LogP contribution >= 0.6 is 0 Å². The molecule has 1 fully saturated rings. The van der Waals surface area contributed by atoms with E-state index >= 15 is 0 Å². The quantitative estimate of drug-likeness (QED) is 0.814. The van der Waals surface area contributed by atoms with Gasteiger partial charge in [0.05, 0.1) is 12.2 Å². The van der Waals surface area contributed by atoms with Crippen LogP contribution < -0.4 is 5.32 Å². The smallest absolute Gasteiger partial charge is 0.0964 e. The number of hydrogen-bond acceptors (Lipinski definition) is 4. The Balaban J connectivity index is 1.76. The van der Waals surface area contributed by atoms with E-state index in [0.29, 0.717) is 6.04 Å². The second-order valence-corrected chi connectivity index (χ2v) is 5.75. The van der Waals surface area contributed by atoms with E-state index in [0.717, 1.165) is 31.4 Å². The molecular formula is C14H27N5. The van der Waals surface area contributed by atoms with Crippen molar-refractivity contribution >= 4 is 0 Å². The molecule has 0 bridgehead atoms.